The van der Waals surface area contributed by atoms with Crippen LogP contribution >= 0.6 is 22.7 Å². The first kappa shape index (κ1) is 16.4. The molecule has 1 amide bonds. The van der Waals surface area contributed by atoms with Crippen LogP contribution in [0.25, 0.3) is 11.5 Å². The molecule has 4 rings (SSSR count). The summed E-state index contributed by atoms with van der Waals surface area (Å²) in [6.45, 7) is 5.30. The smallest absolute Gasteiger partial charge is 0.248 e. The van der Waals surface area contributed by atoms with Crippen LogP contribution in [-0.2, 0) is 11.2 Å². The number of hydrogen-bond acceptors (Lipinski definition) is 7. The van der Waals surface area contributed by atoms with Gasteiger partial charge in [0.2, 0.25) is 17.7 Å². The zero-order chi connectivity index (χ0) is 17.4. The van der Waals surface area contributed by atoms with Crippen molar-refractivity contribution in [3.63, 3.8) is 0 Å². The van der Waals surface area contributed by atoms with Crippen molar-refractivity contribution in [2.24, 2.45) is 0 Å². The van der Waals surface area contributed by atoms with Crippen LogP contribution in [0.1, 0.15) is 33.8 Å². The molecular formula is C17H18N4O2S2. The minimum absolute atomic E-state index is 0.119. The maximum atomic E-state index is 12.6. The quantitative estimate of drug-likeness (QED) is 0.700. The number of aryl methyl sites for hydroxylation is 2. The van der Waals surface area contributed by atoms with Crippen molar-refractivity contribution in [1.82, 2.24) is 20.1 Å². The largest absolute Gasteiger partial charge is 0.420 e. The Hall–Kier alpha value is -2.06. The van der Waals surface area contributed by atoms with Crippen molar-refractivity contribution in [3.8, 4) is 11.5 Å². The van der Waals surface area contributed by atoms with Crippen LogP contribution in [0.4, 0.5) is 0 Å². The maximum absolute atomic E-state index is 12.6. The van der Waals surface area contributed by atoms with Gasteiger partial charge in [-0.05, 0) is 31.7 Å². The fraction of sp³-hybridized carbons (Fsp3) is 0.412. The highest BCUT2D eigenvalue weighted by molar-refractivity contribution is 7.11. The first-order chi connectivity index (χ1) is 12.1. The Kier molecular flexibility index (Phi) is 4.39. The Bertz CT molecular complexity index is 884. The van der Waals surface area contributed by atoms with Crippen LogP contribution in [0.3, 0.4) is 0 Å². The van der Waals surface area contributed by atoms with Gasteiger partial charge in [0.15, 0.2) is 0 Å². The Labute approximate surface area is 153 Å². The number of carbonyl (C=O) groups excluding carboxylic acids is 1. The lowest BCUT2D eigenvalue weighted by Crippen LogP contribution is -2.29. The molecule has 4 heterocycles. The van der Waals surface area contributed by atoms with E-state index in [1.807, 2.05) is 35.6 Å². The molecule has 0 radical (unpaired) electrons. The summed E-state index contributed by atoms with van der Waals surface area (Å²) in [4.78, 5) is 19.9. The molecule has 8 heteroatoms. The Morgan fingerprint density at radius 3 is 3.00 bits per heavy atom. The van der Waals surface area contributed by atoms with E-state index in [0.717, 1.165) is 34.1 Å². The third-order valence-electron chi connectivity index (χ3n) is 4.41. The molecule has 1 saturated heterocycles. The van der Waals surface area contributed by atoms with Gasteiger partial charge in [0, 0.05) is 28.9 Å². The number of rotatable bonds is 4. The second-order valence-corrected chi connectivity index (χ2v) is 8.27. The second-order valence-electron chi connectivity index (χ2n) is 6.20. The molecule has 130 valence electrons. The first-order valence-corrected chi connectivity index (χ1v) is 9.92. The van der Waals surface area contributed by atoms with E-state index >= 15 is 0 Å². The number of thiazole rings is 1. The summed E-state index contributed by atoms with van der Waals surface area (Å²) in [5.74, 6) is 1.44. The van der Waals surface area contributed by atoms with Crippen LogP contribution in [0.5, 0.6) is 0 Å². The van der Waals surface area contributed by atoms with Crippen molar-refractivity contribution >= 4 is 28.6 Å². The summed E-state index contributed by atoms with van der Waals surface area (Å²) in [6, 6.07) is 1.96. The van der Waals surface area contributed by atoms with Gasteiger partial charge in [-0.3, -0.25) is 4.79 Å². The lowest BCUT2D eigenvalue weighted by molar-refractivity contribution is -0.129. The molecule has 0 N–H and O–H groups in total. The van der Waals surface area contributed by atoms with Crippen LogP contribution in [0.15, 0.2) is 21.2 Å². The van der Waals surface area contributed by atoms with Crippen molar-refractivity contribution < 1.29 is 9.21 Å². The second kappa shape index (κ2) is 6.68. The Balaban J connectivity index is 1.41. The van der Waals surface area contributed by atoms with Crippen molar-refractivity contribution in [2.45, 2.75) is 32.6 Å². The third kappa shape index (κ3) is 3.36. The molecule has 25 heavy (non-hydrogen) atoms. The molecule has 1 aliphatic rings. The summed E-state index contributed by atoms with van der Waals surface area (Å²) >= 11 is 3.20. The molecule has 6 nitrogen and oxygen atoms in total. The van der Waals surface area contributed by atoms with Crippen molar-refractivity contribution in [3.05, 3.63) is 38.3 Å². The van der Waals surface area contributed by atoms with E-state index in [9.17, 15) is 4.79 Å². The molecule has 0 bridgehead atoms. The number of likely N-dealkylation sites (tertiary alicyclic amines) is 1. The lowest BCUT2D eigenvalue weighted by atomic mass is 10.1. The SMILES string of the molecule is Cc1nc(C)c(CC(=O)N2CCC(c3nnc(-c4ccsc4)o3)C2)s1. The van der Waals surface area contributed by atoms with Gasteiger partial charge < -0.3 is 9.32 Å². The minimum Gasteiger partial charge on any atom is -0.420 e. The summed E-state index contributed by atoms with van der Waals surface area (Å²) < 4.78 is 5.82. The zero-order valence-electron chi connectivity index (χ0n) is 14.1. The lowest BCUT2D eigenvalue weighted by Gasteiger charge is -2.15. The molecule has 0 aromatic carbocycles. The highest BCUT2D eigenvalue weighted by atomic mass is 32.1. The van der Waals surface area contributed by atoms with E-state index in [1.54, 1.807) is 22.7 Å². The van der Waals surface area contributed by atoms with Gasteiger partial charge in [0.25, 0.3) is 0 Å². The van der Waals surface area contributed by atoms with Gasteiger partial charge in [-0.25, -0.2) is 4.98 Å². The zero-order valence-corrected chi connectivity index (χ0v) is 15.7. The summed E-state index contributed by atoms with van der Waals surface area (Å²) in [7, 11) is 0. The van der Waals surface area contributed by atoms with E-state index in [0.29, 0.717) is 24.7 Å². The number of aromatic nitrogens is 3. The van der Waals surface area contributed by atoms with Crippen LogP contribution < -0.4 is 0 Å². The van der Waals surface area contributed by atoms with Gasteiger partial charge in [0.05, 0.1) is 23.0 Å². The van der Waals surface area contributed by atoms with Crippen molar-refractivity contribution in [1.29, 1.82) is 0 Å². The molecule has 1 atom stereocenters. The minimum atomic E-state index is 0.119. The van der Waals surface area contributed by atoms with E-state index < -0.39 is 0 Å². The molecule has 0 aliphatic carbocycles. The van der Waals surface area contributed by atoms with E-state index in [1.165, 1.54) is 0 Å². The molecule has 1 aliphatic heterocycles. The van der Waals surface area contributed by atoms with Crippen LogP contribution in [0, 0.1) is 13.8 Å². The fourth-order valence-corrected chi connectivity index (χ4v) is 4.64. The number of amides is 1. The van der Waals surface area contributed by atoms with Crippen LogP contribution in [-0.4, -0.2) is 39.1 Å². The van der Waals surface area contributed by atoms with Crippen molar-refractivity contribution in [2.75, 3.05) is 13.1 Å². The average Bonchev–Trinajstić information content (AvgIpc) is 3.35. The third-order valence-corrected chi connectivity index (χ3v) is 6.17. The monoisotopic (exact) mass is 374 g/mol. The van der Waals surface area contributed by atoms with Gasteiger partial charge >= 0.3 is 0 Å². The molecule has 3 aromatic rings. The summed E-state index contributed by atoms with van der Waals surface area (Å²) in [6.07, 6.45) is 1.28. The fourth-order valence-electron chi connectivity index (χ4n) is 3.08. The molecular weight excluding hydrogens is 356 g/mol. The average molecular weight is 374 g/mol. The normalized spacial score (nSPS) is 17.4. The highest BCUT2D eigenvalue weighted by Crippen LogP contribution is 2.30. The van der Waals surface area contributed by atoms with Gasteiger partial charge in [-0.1, -0.05) is 0 Å². The number of hydrogen-bond donors (Lipinski definition) is 0. The first-order valence-electron chi connectivity index (χ1n) is 8.17. The Morgan fingerprint density at radius 2 is 2.28 bits per heavy atom. The number of nitrogens with zero attached hydrogens (tertiary/aromatic N) is 4. The van der Waals surface area contributed by atoms with E-state index in [2.05, 4.69) is 15.2 Å². The molecule has 1 fully saturated rings. The molecule has 1 unspecified atom stereocenters. The van der Waals surface area contributed by atoms with E-state index in [4.69, 9.17) is 4.42 Å². The summed E-state index contributed by atoms with van der Waals surface area (Å²) in [5.41, 5.74) is 1.91. The Morgan fingerprint density at radius 1 is 1.40 bits per heavy atom. The van der Waals surface area contributed by atoms with E-state index in [-0.39, 0.29) is 11.8 Å². The predicted molar refractivity (Wildman–Crippen MR) is 96.8 cm³/mol. The topological polar surface area (TPSA) is 72.1 Å². The summed E-state index contributed by atoms with van der Waals surface area (Å²) in [5, 5.41) is 13.3. The van der Waals surface area contributed by atoms with Gasteiger partial charge in [-0.2, -0.15) is 11.3 Å². The molecule has 0 spiro atoms. The predicted octanol–water partition coefficient (Wildman–Crippen LogP) is 3.43. The molecule has 3 aromatic heterocycles. The number of carbonyl (C=O) groups is 1. The standard InChI is InChI=1S/C17H18N4O2S2/c1-10-14(25-11(2)18-10)7-15(22)21-5-3-12(8-21)16-19-20-17(23-16)13-4-6-24-9-13/h4,6,9,12H,3,5,7-8H2,1-2H3. The van der Waals surface area contributed by atoms with Gasteiger partial charge in [0.1, 0.15) is 0 Å². The van der Waals surface area contributed by atoms with Crippen LogP contribution in [0.2, 0.25) is 0 Å². The maximum Gasteiger partial charge on any atom is 0.248 e. The van der Waals surface area contributed by atoms with Gasteiger partial charge in [-0.15, -0.1) is 21.5 Å². The number of thiophene rings is 1. The highest BCUT2D eigenvalue weighted by Gasteiger charge is 2.31. The molecule has 0 saturated carbocycles.